The van der Waals surface area contributed by atoms with Gasteiger partial charge >= 0.3 is 5.97 Å². The third kappa shape index (κ3) is 4.02. The number of hydrogen-bond acceptors (Lipinski definition) is 5. The van der Waals surface area contributed by atoms with Crippen LogP contribution in [0.3, 0.4) is 0 Å². The smallest absolute Gasteiger partial charge is 0.305 e. The number of hydrogen-bond donors (Lipinski definition) is 1. The molecule has 5 nitrogen and oxygen atoms in total. The molecule has 1 aromatic heterocycles. The van der Waals surface area contributed by atoms with Crippen molar-refractivity contribution in [3.05, 3.63) is 51.5 Å². The number of benzene rings is 1. The van der Waals surface area contributed by atoms with Crippen molar-refractivity contribution in [2.75, 3.05) is 6.54 Å². The van der Waals surface area contributed by atoms with Crippen LogP contribution in [0, 0.1) is 0 Å². The molecule has 0 spiro atoms. The Balaban J connectivity index is 1.80. The number of carbonyl (C=O) groups excluding carboxylic acids is 1. The van der Waals surface area contributed by atoms with Crippen molar-refractivity contribution >= 4 is 62.2 Å². The average molecular weight is 438 g/mol. The molecule has 1 amide bonds. The molecule has 128 valence electrons. The maximum atomic E-state index is 12.4. The SMILES string of the molecule is O=C(O)CCN1C(=O)C(=Cc2ccc(-c3ccccc3Br)o2)SC1=S. The number of furan rings is 1. The van der Waals surface area contributed by atoms with Crippen molar-refractivity contribution in [3.8, 4) is 11.3 Å². The van der Waals surface area contributed by atoms with Crippen LogP contribution in [0.1, 0.15) is 12.2 Å². The zero-order valence-corrected chi connectivity index (χ0v) is 16.0. The van der Waals surface area contributed by atoms with E-state index in [1.165, 1.54) is 4.90 Å². The van der Waals surface area contributed by atoms with E-state index < -0.39 is 5.97 Å². The number of halogens is 1. The summed E-state index contributed by atoms with van der Waals surface area (Å²) in [6.45, 7) is 0.0672. The van der Waals surface area contributed by atoms with Gasteiger partial charge in [0.1, 0.15) is 15.8 Å². The minimum Gasteiger partial charge on any atom is -0.481 e. The lowest BCUT2D eigenvalue weighted by molar-refractivity contribution is -0.137. The molecular weight excluding hydrogens is 426 g/mol. The first-order valence-corrected chi connectivity index (χ1v) is 9.29. The molecule has 8 heteroatoms. The van der Waals surface area contributed by atoms with Gasteiger partial charge in [0.05, 0.1) is 11.3 Å². The minimum atomic E-state index is -0.970. The quantitative estimate of drug-likeness (QED) is 0.552. The molecule has 1 aliphatic rings. The van der Waals surface area contributed by atoms with Crippen LogP contribution in [0.25, 0.3) is 17.4 Å². The fourth-order valence-corrected chi connectivity index (χ4v) is 4.03. The van der Waals surface area contributed by atoms with Gasteiger partial charge in [-0.1, -0.05) is 58.1 Å². The summed E-state index contributed by atoms with van der Waals surface area (Å²) in [6, 6.07) is 11.3. The van der Waals surface area contributed by atoms with Gasteiger partial charge in [0.25, 0.3) is 5.91 Å². The lowest BCUT2D eigenvalue weighted by atomic mass is 10.2. The van der Waals surface area contributed by atoms with Crippen molar-refractivity contribution in [2.45, 2.75) is 6.42 Å². The molecule has 0 aliphatic carbocycles. The van der Waals surface area contributed by atoms with E-state index in [1.807, 2.05) is 30.3 Å². The second kappa shape index (κ2) is 7.55. The summed E-state index contributed by atoms with van der Waals surface area (Å²) in [6.07, 6.45) is 1.48. The van der Waals surface area contributed by atoms with Crippen LogP contribution >= 0.6 is 39.9 Å². The van der Waals surface area contributed by atoms with Crippen molar-refractivity contribution < 1.29 is 19.1 Å². The largest absolute Gasteiger partial charge is 0.481 e. The van der Waals surface area contributed by atoms with E-state index in [0.29, 0.717) is 20.7 Å². The van der Waals surface area contributed by atoms with Crippen LogP contribution < -0.4 is 0 Å². The standard InChI is InChI=1S/C17H12BrNO4S2/c18-12-4-2-1-3-11(12)13-6-5-10(23-13)9-14-16(22)19(17(24)25-14)8-7-15(20)21/h1-6,9H,7-8H2,(H,20,21). The lowest BCUT2D eigenvalue weighted by Crippen LogP contribution is -2.30. The summed E-state index contributed by atoms with van der Waals surface area (Å²) < 4.78 is 7.07. The molecule has 0 radical (unpaired) electrons. The molecule has 0 atom stereocenters. The Kier molecular flexibility index (Phi) is 5.41. The molecule has 1 aliphatic heterocycles. The highest BCUT2D eigenvalue weighted by molar-refractivity contribution is 9.10. The second-order valence-electron chi connectivity index (χ2n) is 5.16. The molecule has 1 saturated heterocycles. The molecule has 2 heterocycles. The molecule has 0 unspecified atom stereocenters. The van der Waals surface area contributed by atoms with Crippen LogP contribution in [-0.2, 0) is 9.59 Å². The van der Waals surface area contributed by atoms with Gasteiger partial charge in [0.2, 0.25) is 0 Å². The summed E-state index contributed by atoms with van der Waals surface area (Å²) in [7, 11) is 0. The highest BCUT2D eigenvalue weighted by Gasteiger charge is 2.32. The number of amides is 1. The number of aliphatic carboxylic acids is 1. The Hall–Kier alpha value is -1.90. The third-order valence-corrected chi connectivity index (χ3v) is 5.53. The first-order chi connectivity index (χ1) is 12.0. The zero-order valence-electron chi connectivity index (χ0n) is 12.8. The number of thioether (sulfide) groups is 1. The normalized spacial score (nSPS) is 16.0. The zero-order chi connectivity index (χ0) is 18.0. The van der Waals surface area contributed by atoms with E-state index in [9.17, 15) is 9.59 Å². The van der Waals surface area contributed by atoms with Gasteiger partial charge in [-0.3, -0.25) is 14.5 Å². The van der Waals surface area contributed by atoms with Gasteiger partial charge in [-0.2, -0.15) is 0 Å². The number of nitrogens with zero attached hydrogens (tertiary/aromatic N) is 1. The molecule has 1 aromatic carbocycles. The van der Waals surface area contributed by atoms with Crippen molar-refractivity contribution in [3.63, 3.8) is 0 Å². The van der Waals surface area contributed by atoms with Crippen LogP contribution in [0.2, 0.25) is 0 Å². The molecule has 1 N–H and O–H groups in total. The second-order valence-corrected chi connectivity index (χ2v) is 7.69. The molecule has 0 bridgehead atoms. The maximum absolute atomic E-state index is 12.4. The Morgan fingerprint density at radius 2 is 2.08 bits per heavy atom. The monoisotopic (exact) mass is 437 g/mol. The molecule has 1 fully saturated rings. The number of carbonyl (C=O) groups is 2. The molecule has 3 rings (SSSR count). The fraction of sp³-hybridized carbons (Fsp3) is 0.118. The Morgan fingerprint density at radius 1 is 1.32 bits per heavy atom. The van der Waals surface area contributed by atoms with Gasteiger partial charge in [0, 0.05) is 22.7 Å². The molecule has 2 aromatic rings. The average Bonchev–Trinajstić information content (AvgIpc) is 3.12. The Morgan fingerprint density at radius 3 is 2.80 bits per heavy atom. The highest BCUT2D eigenvalue weighted by Crippen LogP contribution is 2.34. The van der Waals surface area contributed by atoms with Crippen LogP contribution in [0.5, 0.6) is 0 Å². The summed E-state index contributed by atoms with van der Waals surface area (Å²) in [4.78, 5) is 24.8. The van der Waals surface area contributed by atoms with Crippen molar-refractivity contribution in [1.29, 1.82) is 0 Å². The Labute approximate surface area is 161 Å². The van der Waals surface area contributed by atoms with Gasteiger partial charge in [-0.15, -0.1) is 0 Å². The summed E-state index contributed by atoms with van der Waals surface area (Å²) >= 11 is 9.78. The summed E-state index contributed by atoms with van der Waals surface area (Å²) in [5, 5.41) is 8.76. The predicted octanol–water partition coefficient (Wildman–Crippen LogP) is 4.39. The van der Waals surface area contributed by atoms with Crippen LogP contribution in [-0.4, -0.2) is 32.7 Å². The number of carboxylic acid groups (broad SMARTS) is 1. The van der Waals surface area contributed by atoms with Gasteiger partial charge in [-0.25, -0.2) is 0 Å². The third-order valence-electron chi connectivity index (χ3n) is 3.46. The lowest BCUT2D eigenvalue weighted by Gasteiger charge is -2.12. The fourth-order valence-electron chi connectivity index (χ4n) is 2.27. The van der Waals surface area contributed by atoms with E-state index in [4.69, 9.17) is 21.7 Å². The minimum absolute atomic E-state index is 0.0672. The van der Waals surface area contributed by atoms with Crippen LogP contribution in [0.15, 0.2) is 50.2 Å². The number of rotatable bonds is 5. The van der Waals surface area contributed by atoms with E-state index in [-0.39, 0.29) is 18.9 Å². The summed E-state index contributed by atoms with van der Waals surface area (Å²) in [5.41, 5.74) is 0.913. The van der Waals surface area contributed by atoms with Gasteiger partial charge in [0.15, 0.2) is 0 Å². The van der Waals surface area contributed by atoms with Crippen molar-refractivity contribution in [2.24, 2.45) is 0 Å². The number of carboxylic acids is 1. The first-order valence-electron chi connectivity index (χ1n) is 7.27. The van der Waals surface area contributed by atoms with Crippen molar-refractivity contribution in [1.82, 2.24) is 4.90 Å². The highest BCUT2D eigenvalue weighted by atomic mass is 79.9. The van der Waals surface area contributed by atoms with E-state index in [2.05, 4.69) is 15.9 Å². The van der Waals surface area contributed by atoms with Gasteiger partial charge in [-0.05, 0) is 18.2 Å². The topological polar surface area (TPSA) is 70.8 Å². The molecular formula is C17H12BrNO4S2. The molecule has 25 heavy (non-hydrogen) atoms. The predicted molar refractivity (Wildman–Crippen MR) is 104 cm³/mol. The first kappa shape index (κ1) is 17.9. The maximum Gasteiger partial charge on any atom is 0.305 e. The van der Waals surface area contributed by atoms with E-state index in [1.54, 1.807) is 12.1 Å². The van der Waals surface area contributed by atoms with E-state index >= 15 is 0 Å². The van der Waals surface area contributed by atoms with E-state index in [0.717, 1.165) is 21.8 Å². The molecule has 0 saturated carbocycles. The van der Waals surface area contributed by atoms with Gasteiger partial charge < -0.3 is 9.52 Å². The Bertz CT molecular complexity index is 890. The van der Waals surface area contributed by atoms with Crippen LogP contribution in [0.4, 0.5) is 0 Å². The number of thiocarbonyl (C=S) groups is 1. The summed E-state index contributed by atoms with van der Waals surface area (Å²) in [5.74, 6) is -0.0539.